The molecule has 0 spiro atoms. The first-order valence-electron chi connectivity index (χ1n) is 8.77. The van der Waals surface area contributed by atoms with E-state index in [1.165, 1.54) is 26.1 Å². The Morgan fingerprint density at radius 2 is 1.83 bits per heavy atom. The largest absolute Gasteiger partial charge is 0.505 e. The number of benzene rings is 1. The molecule has 0 amide bonds. The van der Waals surface area contributed by atoms with Crippen LogP contribution >= 0.6 is 11.6 Å². The molecule has 2 aromatic heterocycles. The predicted octanol–water partition coefficient (Wildman–Crippen LogP) is 4.45. The van der Waals surface area contributed by atoms with E-state index in [9.17, 15) is 27.5 Å². The van der Waals surface area contributed by atoms with Crippen LogP contribution in [-0.2, 0) is 26.1 Å². The van der Waals surface area contributed by atoms with Crippen molar-refractivity contribution in [3.8, 4) is 16.9 Å². The molecule has 0 saturated heterocycles. The SMILES string of the molecule is Cc1nn(C)c(=O)c(-c2c(F)ccc(Cl)c2CCc2ccc(C(F)(F)F)nc2)c1O. The molecule has 0 bridgehead atoms. The second-order valence-corrected chi connectivity index (χ2v) is 7.08. The molecule has 0 atom stereocenters. The molecule has 2 heterocycles. The first-order chi connectivity index (χ1) is 14.0. The third kappa shape index (κ3) is 4.16. The Kier molecular flexibility index (Phi) is 5.85. The second-order valence-electron chi connectivity index (χ2n) is 6.67. The normalized spacial score (nSPS) is 11.7. The van der Waals surface area contributed by atoms with E-state index in [2.05, 4.69) is 10.1 Å². The fraction of sp³-hybridized carbons (Fsp3) is 0.250. The van der Waals surface area contributed by atoms with Crippen LogP contribution in [0.3, 0.4) is 0 Å². The molecule has 30 heavy (non-hydrogen) atoms. The summed E-state index contributed by atoms with van der Waals surface area (Å²) in [6, 6.07) is 4.53. The average Bonchev–Trinajstić information content (AvgIpc) is 2.68. The first kappa shape index (κ1) is 21.8. The van der Waals surface area contributed by atoms with Crippen LogP contribution < -0.4 is 5.56 Å². The molecular weight excluding hydrogens is 426 g/mol. The van der Waals surface area contributed by atoms with E-state index in [1.54, 1.807) is 0 Å². The Labute approximate surface area is 173 Å². The van der Waals surface area contributed by atoms with Gasteiger partial charge in [-0.2, -0.15) is 18.3 Å². The molecule has 0 fully saturated rings. The van der Waals surface area contributed by atoms with Gasteiger partial charge in [-0.25, -0.2) is 9.07 Å². The lowest BCUT2D eigenvalue weighted by atomic mass is 9.94. The molecule has 0 radical (unpaired) electrons. The van der Waals surface area contributed by atoms with Gasteiger partial charge in [-0.3, -0.25) is 9.78 Å². The van der Waals surface area contributed by atoms with Gasteiger partial charge in [0, 0.05) is 23.8 Å². The maximum Gasteiger partial charge on any atom is 0.433 e. The van der Waals surface area contributed by atoms with E-state index in [4.69, 9.17) is 11.6 Å². The van der Waals surface area contributed by atoms with Crippen LogP contribution in [0, 0.1) is 12.7 Å². The van der Waals surface area contributed by atoms with Crippen molar-refractivity contribution in [2.75, 3.05) is 0 Å². The van der Waals surface area contributed by atoms with Crippen LogP contribution in [0.1, 0.15) is 22.5 Å². The zero-order chi connectivity index (χ0) is 22.2. The average molecular weight is 442 g/mol. The minimum absolute atomic E-state index is 0.100. The van der Waals surface area contributed by atoms with Crippen molar-refractivity contribution in [2.24, 2.45) is 7.05 Å². The number of rotatable bonds is 4. The third-order valence-corrected chi connectivity index (χ3v) is 4.98. The summed E-state index contributed by atoms with van der Waals surface area (Å²) >= 11 is 6.25. The Morgan fingerprint density at radius 3 is 2.43 bits per heavy atom. The lowest BCUT2D eigenvalue weighted by Crippen LogP contribution is -2.23. The highest BCUT2D eigenvalue weighted by Crippen LogP contribution is 2.36. The minimum atomic E-state index is -4.55. The summed E-state index contributed by atoms with van der Waals surface area (Å²) in [5.41, 5.74) is -1.32. The van der Waals surface area contributed by atoms with Crippen LogP contribution in [0.2, 0.25) is 5.02 Å². The number of hydrogen-bond acceptors (Lipinski definition) is 4. The van der Waals surface area contributed by atoms with Gasteiger partial charge in [0.05, 0.1) is 5.56 Å². The lowest BCUT2D eigenvalue weighted by molar-refractivity contribution is -0.141. The van der Waals surface area contributed by atoms with Crippen molar-refractivity contribution in [3.63, 3.8) is 0 Å². The highest BCUT2D eigenvalue weighted by atomic mass is 35.5. The molecule has 0 saturated carbocycles. The van der Waals surface area contributed by atoms with Crippen LogP contribution in [0.25, 0.3) is 11.1 Å². The summed E-state index contributed by atoms with van der Waals surface area (Å²) in [6.45, 7) is 1.47. The number of aromatic hydroxyl groups is 1. The zero-order valence-corrected chi connectivity index (χ0v) is 16.6. The van der Waals surface area contributed by atoms with E-state index in [0.29, 0.717) is 5.56 Å². The van der Waals surface area contributed by atoms with E-state index >= 15 is 0 Å². The molecule has 1 N–H and O–H groups in total. The maximum atomic E-state index is 14.8. The number of aryl methyl sites for hydroxylation is 3. The molecule has 1 aromatic carbocycles. The van der Waals surface area contributed by atoms with E-state index < -0.39 is 29.0 Å². The molecule has 158 valence electrons. The number of alkyl halides is 3. The summed E-state index contributed by atoms with van der Waals surface area (Å²) in [5.74, 6) is -1.23. The zero-order valence-electron chi connectivity index (χ0n) is 15.9. The Balaban J connectivity index is 2.04. The number of pyridine rings is 1. The molecule has 5 nitrogen and oxygen atoms in total. The molecular formula is C20H16ClF4N3O2. The van der Waals surface area contributed by atoms with Gasteiger partial charge in [-0.05, 0) is 49.1 Å². The Morgan fingerprint density at radius 1 is 1.13 bits per heavy atom. The molecule has 0 aliphatic rings. The highest BCUT2D eigenvalue weighted by molar-refractivity contribution is 6.31. The molecule has 0 aliphatic carbocycles. The first-order valence-corrected chi connectivity index (χ1v) is 9.14. The standard InChI is InChI=1S/C20H16ClF4N3O2/c1-10-18(29)17(19(30)28(2)27-10)16-12(13(21)6-7-14(16)22)5-3-11-4-8-15(26-9-11)20(23,24)25/h4,6-9,29H,3,5H2,1-2H3. The summed E-state index contributed by atoms with van der Waals surface area (Å²) < 4.78 is 53.8. The Hall–Kier alpha value is -2.94. The third-order valence-electron chi connectivity index (χ3n) is 4.62. The number of nitrogens with zero attached hydrogens (tertiary/aromatic N) is 3. The van der Waals surface area contributed by atoms with Gasteiger partial charge in [0.1, 0.15) is 17.2 Å². The highest BCUT2D eigenvalue weighted by Gasteiger charge is 2.32. The van der Waals surface area contributed by atoms with Gasteiger partial charge in [0.2, 0.25) is 0 Å². The van der Waals surface area contributed by atoms with Crippen molar-refractivity contribution in [2.45, 2.75) is 25.9 Å². The van der Waals surface area contributed by atoms with Gasteiger partial charge in [0.15, 0.2) is 5.75 Å². The monoisotopic (exact) mass is 441 g/mol. The fourth-order valence-corrected chi connectivity index (χ4v) is 3.36. The molecule has 10 heteroatoms. The van der Waals surface area contributed by atoms with Crippen molar-refractivity contribution in [1.82, 2.24) is 14.8 Å². The molecule has 0 aliphatic heterocycles. The fourth-order valence-electron chi connectivity index (χ4n) is 3.11. The predicted molar refractivity (Wildman–Crippen MR) is 103 cm³/mol. The van der Waals surface area contributed by atoms with Gasteiger partial charge in [-0.1, -0.05) is 17.7 Å². The maximum absolute atomic E-state index is 14.8. The van der Waals surface area contributed by atoms with Crippen molar-refractivity contribution >= 4 is 11.6 Å². The van der Waals surface area contributed by atoms with Gasteiger partial charge < -0.3 is 5.11 Å². The van der Waals surface area contributed by atoms with Gasteiger partial charge in [0.25, 0.3) is 5.56 Å². The minimum Gasteiger partial charge on any atom is -0.505 e. The molecule has 3 rings (SSSR count). The van der Waals surface area contributed by atoms with Crippen LogP contribution in [-0.4, -0.2) is 19.9 Å². The van der Waals surface area contributed by atoms with Gasteiger partial charge >= 0.3 is 6.18 Å². The number of hydrogen-bond donors (Lipinski definition) is 1. The topological polar surface area (TPSA) is 68.0 Å². The summed E-state index contributed by atoms with van der Waals surface area (Å²) in [5, 5.41) is 14.4. The molecule has 0 unspecified atom stereocenters. The van der Waals surface area contributed by atoms with Crippen LogP contribution in [0.5, 0.6) is 5.75 Å². The summed E-state index contributed by atoms with van der Waals surface area (Å²) in [4.78, 5) is 16.0. The number of aromatic nitrogens is 3. The lowest BCUT2D eigenvalue weighted by Gasteiger charge is -2.15. The van der Waals surface area contributed by atoms with Crippen LogP contribution in [0.4, 0.5) is 17.6 Å². The quantitative estimate of drug-likeness (QED) is 0.607. The smallest absolute Gasteiger partial charge is 0.433 e. The number of halogens is 5. The van der Waals surface area contributed by atoms with E-state index in [-0.39, 0.29) is 40.2 Å². The van der Waals surface area contributed by atoms with E-state index in [0.717, 1.165) is 23.0 Å². The van der Waals surface area contributed by atoms with Crippen molar-refractivity contribution < 1.29 is 22.7 Å². The Bertz CT molecular complexity index is 1160. The second kappa shape index (κ2) is 8.06. The molecule has 3 aromatic rings. The van der Waals surface area contributed by atoms with Crippen LogP contribution in [0.15, 0.2) is 35.3 Å². The van der Waals surface area contributed by atoms with Crippen molar-refractivity contribution in [1.29, 1.82) is 0 Å². The summed E-state index contributed by atoms with van der Waals surface area (Å²) in [6.07, 6.45) is -3.17. The van der Waals surface area contributed by atoms with Gasteiger partial charge in [-0.15, -0.1) is 0 Å². The summed E-state index contributed by atoms with van der Waals surface area (Å²) in [7, 11) is 1.37. The van der Waals surface area contributed by atoms with Crippen molar-refractivity contribution in [3.05, 3.63) is 74.2 Å². The van der Waals surface area contributed by atoms with E-state index in [1.807, 2.05) is 0 Å².